The van der Waals surface area contributed by atoms with Gasteiger partial charge in [0, 0.05) is 13.7 Å². The Morgan fingerprint density at radius 1 is 1.31 bits per heavy atom. The summed E-state index contributed by atoms with van der Waals surface area (Å²) in [7, 11) is 2.65. The molecule has 1 saturated carbocycles. The van der Waals surface area contributed by atoms with Crippen molar-refractivity contribution < 1.29 is 29.3 Å². The van der Waals surface area contributed by atoms with Gasteiger partial charge in [0.05, 0.1) is 7.11 Å². The van der Waals surface area contributed by atoms with E-state index in [1.54, 1.807) is 20.8 Å². The Balaban J connectivity index is 2.57. The van der Waals surface area contributed by atoms with Gasteiger partial charge in [-0.05, 0) is 52.4 Å². The van der Waals surface area contributed by atoms with Gasteiger partial charge >= 0.3 is 12.1 Å². The number of carbonyl (C=O) groups is 2. The molecule has 29 heavy (non-hydrogen) atoms. The summed E-state index contributed by atoms with van der Waals surface area (Å²) in [5.41, 5.74) is -3.24. The van der Waals surface area contributed by atoms with Crippen molar-refractivity contribution in [3.8, 4) is 5.75 Å². The molecule has 0 atom stereocenters. The van der Waals surface area contributed by atoms with Crippen molar-refractivity contribution in [1.29, 1.82) is 0 Å². The van der Waals surface area contributed by atoms with E-state index in [-0.39, 0.29) is 18.3 Å². The van der Waals surface area contributed by atoms with Crippen LogP contribution < -0.4 is 5.56 Å². The highest BCUT2D eigenvalue weighted by molar-refractivity contribution is 5.89. The van der Waals surface area contributed by atoms with Crippen LogP contribution in [0.3, 0.4) is 0 Å². The maximum absolute atomic E-state index is 12.8. The van der Waals surface area contributed by atoms with E-state index >= 15 is 0 Å². The fourth-order valence-corrected chi connectivity index (χ4v) is 3.50. The lowest BCUT2D eigenvalue weighted by Crippen LogP contribution is -2.52. The van der Waals surface area contributed by atoms with Crippen molar-refractivity contribution >= 4 is 12.1 Å². The van der Waals surface area contributed by atoms with E-state index in [0.29, 0.717) is 25.7 Å². The van der Waals surface area contributed by atoms with Crippen molar-refractivity contribution in [3.05, 3.63) is 21.9 Å². The van der Waals surface area contributed by atoms with Crippen molar-refractivity contribution in [3.63, 3.8) is 0 Å². The molecular weight excluding hydrogens is 382 g/mol. The second-order valence-corrected chi connectivity index (χ2v) is 8.30. The third-order valence-electron chi connectivity index (χ3n) is 5.21. The van der Waals surface area contributed by atoms with Crippen molar-refractivity contribution in [2.24, 2.45) is 5.92 Å². The minimum Gasteiger partial charge on any atom is -0.501 e. The van der Waals surface area contributed by atoms with Crippen LogP contribution in [-0.4, -0.2) is 63.5 Å². The van der Waals surface area contributed by atoms with Gasteiger partial charge in [0.15, 0.2) is 5.69 Å². The van der Waals surface area contributed by atoms with E-state index in [1.807, 2.05) is 0 Å². The maximum atomic E-state index is 12.8. The fraction of sp³-hybridized carbons (Fsp3) is 0.684. The molecule has 0 aromatic carbocycles. The number of ether oxygens (including phenoxy) is 2. The number of aliphatic hydroxyl groups is 1. The molecule has 0 aliphatic heterocycles. The number of aromatic nitrogens is 2. The first-order valence-electron chi connectivity index (χ1n) is 9.45. The molecule has 3 N–H and O–H groups in total. The van der Waals surface area contributed by atoms with Crippen LogP contribution in [-0.2, 0) is 15.0 Å². The predicted octanol–water partition coefficient (Wildman–Crippen LogP) is 1.51. The third-order valence-corrected chi connectivity index (χ3v) is 5.21. The lowest BCUT2D eigenvalue weighted by Gasteiger charge is -2.45. The van der Waals surface area contributed by atoms with Gasteiger partial charge in [-0.2, -0.15) is 0 Å². The molecule has 0 radical (unpaired) electrons. The number of H-pyrrole nitrogens is 1. The number of aliphatic hydroxyl groups excluding tert-OH is 1. The average molecular weight is 411 g/mol. The Morgan fingerprint density at radius 2 is 1.90 bits per heavy atom. The number of methoxy groups -OCH3 is 1. The molecule has 0 saturated heterocycles. The Bertz CT molecular complexity index is 820. The Morgan fingerprint density at radius 3 is 2.38 bits per heavy atom. The topological polar surface area (TPSA) is 142 Å². The summed E-state index contributed by atoms with van der Waals surface area (Å²) in [6.45, 7) is 5.23. The lowest BCUT2D eigenvalue weighted by molar-refractivity contribution is -0.0152. The zero-order chi connectivity index (χ0) is 22.0. The number of rotatable bonds is 4. The molecule has 2 rings (SSSR count). The predicted molar refractivity (Wildman–Crippen MR) is 103 cm³/mol. The zero-order valence-corrected chi connectivity index (χ0v) is 17.4. The van der Waals surface area contributed by atoms with Crippen LogP contribution in [0.15, 0.2) is 4.79 Å². The van der Waals surface area contributed by atoms with E-state index in [1.165, 1.54) is 11.9 Å². The van der Waals surface area contributed by atoms with Gasteiger partial charge in [-0.25, -0.2) is 14.6 Å². The van der Waals surface area contributed by atoms with Gasteiger partial charge in [-0.3, -0.25) is 9.69 Å². The minimum absolute atomic E-state index is 0.0131. The third kappa shape index (κ3) is 4.69. The number of esters is 1. The number of carbonyl (C=O) groups excluding carboxylic acids is 2. The van der Waals surface area contributed by atoms with E-state index < -0.39 is 40.2 Å². The Kier molecular flexibility index (Phi) is 6.56. The highest BCUT2D eigenvalue weighted by atomic mass is 16.6. The van der Waals surface area contributed by atoms with Gasteiger partial charge in [-0.1, -0.05) is 0 Å². The number of aromatic hydroxyl groups is 1. The second kappa shape index (κ2) is 8.40. The summed E-state index contributed by atoms with van der Waals surface area (Å²) in [6, 6.07) is 0. The molecule has 1 aromatic heterocycles. The average Bonchev–Trinajstić information content (AvgIpc) is 2.67. The largest absolute Gasteiger partial charge is 0.501 e. The van der Waals surface area contributed by atoms with Gasteiger partial charge in [0.1, 0.15) is 17.0 Å². The molecular formula is C19H29N3O7. The van der Waals surface area contributed by atoms with Gasteiger partial charge in [-0.15, -0.1) is 0 Å². The van der Waals surface area contributed by atoms with Crippen LogP contribution in [0.5, 0.6) is 5.75 Å². The number of aromatic amines is 1. The summed E-state index contributed by atoms with van der Waals surface area (Å²) in [4.78, 5) is 45.1. The lowest BCUT2D eigenvalue weighted by atomic mass is 9.75. The van der Waals surface area contributed by atoms with Gasteiger partial charge in [0.2, 0.25) is 5.75 Å². The van der Waals surface area contributed by atoms with Crippen LogP contribution in [0.4, 0.5) is 4.79 Å². The SMILES string of the molecule is COC(=O)c1nc(C2(N(C)C(=O)OC(C)(C)C)CCC(CO)CC2)[nH]c(=O)c1O. The van der Waals surface area contributed by atoms with E-state index in [4.69, 9.17) is 4.74 Å². The molecule has 0 unspecified atom stereocenters. The standard InChI is InChI=1S/C19H29N3O7/c1-18(2,3)29-17(27)22(4)19(8-6-11(10-23)7-9-19)16-20-12(15(26)28-5)13(24)14(25)21-16/h11,23-24H,6-10H2,1-5H3,(H,20,21,25). The summed E-state index contributed by atoms with van der Waals surface area (Å²) < 4.78 is 10.1. The molecule has 10 nitrogen and oxygen atoms in total. The first kappa shape index (κ1) is 22.7. The Hall–Kier alpha value is -2.62. The molecule has 162 valence electrons. The Labute approximate surface area is 168 Å². The zero-order valence-electron chi connectivity index (χ0n) is 17.4. The van der Waals surface area contributed by atoms with Crippen molar-refractivity contribution in [2.45, 2.75) is 57.6 Å². The van der Waals surface area contributed by atoms with E-state index in [9.17, 15) is 24.6 Å². The smallest absolute Gasteiger partial charge is 0.410 e. The highest BCUT2D eigenvalue weighted by Gasteiger charge is 2.46. The summed E-state index contributed by atoms with van der Waals surface area (Å²) >= 11 is 0. The minimum atomic E-state index is -1.08. The highest BCUT2D eigenvalue weighted by Crippen LogP contribution is 2.42. The molecule has 1 fully saturated rings. The molecule has 1 heterocycles. The molecule has 0 spiro atoms. The second-order valence-electron chi connectivity index (χ2n) is 8.30. The van der Waals surface area contributed by atoms with Gasteiger partial charge < -0.3 is 24.7 Å². The maximum Gasteiger partial charge on any atom is 0.410 e. The number of hydrogen-bond acceptors (Lipinski definition) is 8. The fourth-order valence-electron chi connectivity index (χ4n) is 3.50. The number of nitrogens with one attached hydrogen (secondary N) is 1. The van der Waals surface area contributed by atoms with Crippen LogP contribution in [0, 0.1) is 5.92 Å². The van der Waals surface area contributed by atoms with E-state index in [0.717, 1.165) is 7.11 Å². The first-order chi connectivity index (χ1) is 13.4. The summed E-state index contributed by atoms with van der Waals surface area (Å²) in [6.07, 6.45) is 1.28. The van der Waals surface area contributed by atoms with Crippen LogP contribution >= 0.6 is 0 Å². The molecule has 1 amide bonds. The first-order valence-corrected chi connectivity index (χ1v) is 9.45. The molecule has 1 aromatic rings. The quantitative estimate of drug-likeness (QED) is 0.633. The molecule has 0 bridgehead atoms. The molecule has 1 aliphatic rings. The monoisotopic (exact) mass is 411 g/mol. The van der Waals surface area contributed by atoms with E-state index in [2.05, 4.69) is 14.7 Å². The number of nitrogens with zero attached hydrogens (tertiary/aromatic N) is 2. The van der Waals surface area contributed by atoms with Gasteiger partial charge in [0.25, 0.3) is 5.56 Å². The molecule has 1 aliphatic carbocycles. The number of hydrogen-bond donors (Lipinski definition) is 3. The van der Waals surface area contributed by atoms with Crippen molar-refractivity contribution in [1.82, 2.24) is 14.9 Å². The normalized spacial score (nSPS) is 22.1. The van der Waals surface area contributed by atoms with Crippen molar-refractivity contribution in [2.75, 3.05) is 20.8 Å². The summed E-state index contributed by atoms with van der Waals surface area (Å²) in [5, 5.41) is 19.4. The summed E-state index contributed by atoms with van der Waals surface area (Å²) in [5.74, 6) is -1.70. The van der Waals surface area contributed by atoms with Crippen LogP contribution in [0.1, 0.15) is 62.8 Å². The van der Waals surface area contributed by atoms with Crippen LogP contribution in [0.25, 0.3) is 0 Å². The molecule has 10 heteroatoms. The number of amides is 1. The van der Waals surface area contributed by atoms with Crippen LogP contribution in [0.2, 0.25) is 0 Å².